The van der Waals surface area contributed by atoms with Gasteiger partial charge >= 0.3 is 23.9 Å². The summed E-state index contributed by atoms with van der Waals surface area (Å²) in [5.41, 5.74) is 2.01. The number of aliphatic hydroxyl groups is 1. The van der Waals surface area contributed by atoms with Gasteiger partial charge in [0.1, 0.15) is 18.5 Å². The minimum Gasteiger partial charge on any atom is -0.761 e. The Morgan fingerprint density at radius 3 is 2.06 bits per heavy atom. The maximum atomic E-state index is 11.8. The maximum Gasteiger partial charge on any atom is 0.303 e. The lowest BCUT2D eigenvalue weighted by Gasteiger charge is -2.44. The highest BCUT2D eigenvalue weighted by atomic mass is 16.7. The summed E-state index contributed by atoms with van der Waals surface area (Å²) in [4.78, 5) is 46.8. The number of hydrogen-bond acceptors (Lipinski definition) is 13. The van der Waals surface area contributed by atoms with Crippen LogP contribution in [0.15, 0.2) is 18.2 Å². The largest absolute Gasteiger partial charge is 0.761 e. The van der Waals surface area contributed by atoms with Crippen molar-refractivity contribution < 1.29 is 52.7 Å². The van der Waals surface area contributed by atoms with Gasteiger partial charge in [-0.3, -0.25) is 19.2 Å². The van der Waals surface area contributed by atoms with Crippen LogP contribution < -0.4 is 10.2 Å². The molecule has 0 aromatic heterocycles. The normalized spacial score (nSPS) is 23.9. The summed E-state index contributed by atoms with van der Waals surface area (Å²) in [7, 11) is 0. The molecule has 1 heterocycles. The predicted molar refractivity (Wildman–Crippen MR) is 112 cm³/mol. The number of anilines is 1. The van der Waals surface area contributed by atoms with Gasteiger partial charge in [-0.1, -0.05) is 6.07 Å². The van der Waals surface area contributed by atoms with Crippen LogP contribution in [0.4, 0.5) is 5.69 Å². The van der Waals surface area contributed by atoms with Gasteiger partial charge in [-0.15, -0.1) is 0 Å². The Balaban J connectivity index is 2.50. The average Bonchev–Trinajstić information content (AvgIpc) is 2.75. The van der Waals surface area contributed by atoms with Crippen molar-refractivity contribution in [1.82, 2.24) is 0 Å². The second kappa shape index (κ2) is 12.2. The predicted octanol–water partition coefficient (Wildman–Crippen LogP) is 0.550. The zero-order valence-electron chi connectivity index (χ0n) is 19.0. The number of benzene rings is 1. The molecule has 0 spiro atoms. The summed E-state index contributed by atoms with van der Waals surface area (Å²) in [5, 5.41) is 20.7. The van der Waals surface area contributed by atoms with Crippen molar-refractivity contribution in [3.05, 3.63) is 29.0 Å². The van der Waals surface area contributed by atoms with Crippen molar-refractivity contribution in [3.63, 3.8) is 0 Å². The van der Waals surface area contributed by atoms with E-state index >= 15 is 0 Å². The van der Waals surface area contributed by atoms with Gasteiger partial charge in [0, 0.05) is 27.7 Å². The molecule has 2 N–H and O–H groups in total. The van der Waals surface area contributed by atoms with Gasteiger partial charge in [0.2, 0.25) is 12.4 Å². The number of ether oxygens (including phenoxy) is 6. The van der Waals surface area contributed by atoms with Crippen LogP contribution in [0.25, 0.3) is 0 Å². The Morgan fingerprint density at radius 1 is 0.941 bits per heavy atom. The van der Waals surface area contributed by atoms with Crippen LogP contribution in [-0.4, -0.2) is 66.3 Å². The van der Waals surface area contributed by atoms with Crippen molar-refractivity contribution in [3.8, 4) is 5.75 Å². The first-order valence-electron chi connectivity index (χ1n) is 10.1. The summed E-state index contributed by atoms with van der Waals surface area (Å²) < 4.78 is 32.4. The summed E-state index contributed by atoms with van der Waals surface area (Å²) in [6.07, 6.45) is -6.89. The number of carbonyl (C=O) groups is 4. The highest BCUT2D eigenvalue weighted by Gasteiger charge is 2.53. The Hall–Kier alpha value is -3.42. The first-order valence-corrected chi connectivity index (χ1v) is 10.1. The van der Waals surface area contributed by atoms with E-state index in [0.717, 1.165) is 27.7 Å². The van der Waals surface area contributed by atoms with E-state index in [1.54, 1.807) is 5.48 Å². The molecule has 0 aliphatic carbocycles. The van der Waals surface area contributed by atoms with Crippen molar-refractivity contribution in [2.24, 2.45) is 0 Å². The molecular weight excluding hydrogens is 458 g/mol. The Labute approximate surface area is 194 Å². The smallest absolute Gasteiger partial charge is 0.303 e. The summed E-state index contributed by atoms with van der Waals surface area (Å²) in [5.74, 6) is -3.06. The SMILES string of the molecule is CC(=O)OC[C@H]1O[C@@H](Oc2ccc(CO)cc2N[O-])[C@H](OC(C)=O)[C@@H](OC(C)=O)[C@H]1OC(C)=O. The zero-order chi connectivity index (χ0) is 25.4. The van der Waals surface area contributed by atoms with E-state index in [0.29, 0.717) is 5.56 Å². The molecule has 2 rings (SSSR count). The average molecular weight is 484 g/mol. The minimum absolute atomic E-state index is 0.0481. The van der Waals surface area contributed by atoms with E-state index in [4.69, 9.17) is 28.4 Å². The number of aliphatic hydroxyl groups excluding tert-OH is 1. The Bertz CT molecular complexity index is 904. The summed E-state index contributed by atoms with van der Waals surface area (Å²) >= 11 is 0. The molecule has 1 saturated heterocycles. The van der Waals surface area contributed by atoms with Crippen LogP contribution in [-0.2, 0) is 49.5 Å². The molecule has 1 aliphatic heterocycles. The molecule has 0 unspecified atom stereocenters. The van der Waals surface area contributed by atoms with Crippen LogP contribution >= 0.6 is 0 Å². The first kappa shape index (κ1) is 26.8. The first-order chi connectivity index (χ1) is 16.0. The molecule has 13 heteroatoms. The lowest BCUT2D eigenvalue weighted by molar-refractivity contribution is -0.288. The zero-order valence-corrected chi connectivity index (χ0v) is 19.0. The molecule has 13 nitrogen and oxygen atoms in total. The van der Waals surface area contributed by atoms with E-state index in [2.05, 4.69) is 0 Å². The molecular formula is C21H26NO12-. The van der Waals surface area contributed by atoms with E-state index < -0.39 is 61.2 Å². The molecule has 1 aromatic rings. The van der Waals surface area contributed by atoms with Crippen LogP contribution in [0, 0.1) is 5.21 Å². The van der Waals surface area contributed by atoms with Crippen LogP contribution in [0.3, 0.4) is 0 Å². The molecule has 5 atom stereocenters. The fourth-order valence-corrected chi connectivity index (χ4v) is 3.27. The Kier molecular flexibility index (Phi) is 9.59. The third-order valence-electron chi connectivity index (χ3n) is 4.53. The van der Waals surface area contributed by atoms with Crippen LogP contribution in [0.5, 0.6) is 5.75 Å². The molecule has 1 aromatic carbocycles. The van der Waals surface area contributed by atoms with Gasteiger partial charge in [-0.2, -0.15) is 0 Å². The van der Waals surface area contributed by atoms with Gasteiger partial charge in [0.05, 0.1) is 12.3 Å². The quantitative estimate of drug-likeness (QED) is 0.282. The molecule has 0 bridgehead atoms. The molecule has 188 valence electrons. The Morgan fingerprint density at radius 2 is 1.53 bits per heavy atom. The fourth-order valence-electron chi connectivity index (χ4n) is 3.27. The van der Waals surface area contributed by atoms with E-state index in [9.17, 15) is 29.5 Å². The van der Waals surface area contributed by atoms with Crippen molar-refractivity contribution in [2.75, 3.05) is 12.1 Å². The fraction of sp³-hybridized carbons (Fsp3) is 0.524. The van der Waals surface area contributed by atoms with Gasteiger partial charge in [-0.25, -0.2) is 0 Å². The number of nitrogens with one attached hydrogen (secondary N) is 1. The topological polar surface area (TPSA) is 179 Å². The van der Waals surface area contributed by atoms with Gasteiger partial charge in [-0.05, 0) is 17.7 Å². The highest BCUT2D eigenvalue weighted by molar-refractivity contribution is 5.69. The number of hydrogen-bond donors (Lipinski definition) is 2. The highest BCUT2D eigenvalue weighted by Crippen LogP contribution is 2.33. The molecule has 0 amide bonds. The molecule has 1 fully saturated rings. The number of carbonyl (C=O) groups excluding carboxylic acids is 4. The van der Waals surface area contributed by atoms with Crippen LogP contribution in [0.2, 0.25) is 0 Å². The van der Waals surface area contributed by atoms with E-state index in [-0.39, 0.29) is 18.0 Å². The van der Waals surface area contributed by atoms with E-state index in [1.165, 1.54) is 18.2 Å². The van der Waals surface area contributed by atoms with Crippen LogP contribution in [0.1, 0.15) is 33.3 Å². The monoisotopic (exact) mass is 484 g/mol. The standard InChI is InChI=1S/C21H26NO12/c1-10(24)29-9-17-18(30-11(2)25)19(31-12(3)26)20(32-13(4)27)21(34-17)33-16-6-5-14(8-23)7-15(16)22-28/h5-7,17-23H,8-9H2,1-4H3/q-1/t17-,18+,19+,20-,21-/m1/s1. The third-order valence-corrected chi connectivity index (χ3v) is 4.53. The molecule has 1 aliphatic rings. The minimum atomic E-state index is -1.49. The van der Waals surface area contributed by atoms with E-state index in [1.807, 2.05) is 0 Å². The summed E-state index contributed by atoms with van der Waals surface area (Å²) in [6.45, 7) is 3.68. The van der Waals surface area contributed by atoms with Gasteiger partial charge < -0.3 is 44.2 Å². The lowest BCUT2D eigenvalue weighted by Crippen LogP contribution is -2.63. The molecule has 34 heavy (non-hydrogen) atoms. The number of esters is 4. The van der Waals surface area contributed by atoms with Crippen molar-refractivity contribution in [2.45, 2.75) is 65.0 Å². The molecule has 0 saturated carbocycles. The third kappa shape index (κ3) is 7.30. The number of rotatable bonds is 9. The van der Waals surface area contributed by atoms with Crippen molar-refractivity contribution in [1.29, 1.82) is 0 Å². The second-order valence-electron chi connectivity index (χ2n) is 7.28. The van der Waals surface area contributed by atoms with Gasteiger partial charge in [0.15, 0.2) is 12.2 Å². The summed E-state index contributed by atoms with van der Waals surface area (Å²) in [6, 6.07) is 4.16. The maximum absolute atomic E-state index is 11.8. The van der Waals surface area contributed by atoms with Crippen molar-refractivity contribution >= 4 is 29.6 Å². The lowest BCUT2D eigenvalue weighted by atomic mass is 9.98. The van der Waals surface area contributed by atoms with Gasteiger partial charge in [0.25, 0.3) is 0 Å². The second-order valence-corrected chi connectivity index (χ2v) is 7.28. The molecule has 0 radical (unpaired) electrons.